The second-order valence-electron chi connectivity index (χ2n) is 6.36. The molecule has 2 aromatic carbocycles. The number of hydrogen-bond acceptors (Lipinski definition) is 6. The highest BCUT2D eigenvalue weighted by atomic mass is 35.5. The largest absolute Gasteiger partial charge is 0.497 e. The highest BCUT2D eigenvalue weighted by molar-refractivity contribution is 7.22. The Hall–Kier alpha value is -3.16. The van der Waals surface area contributed by atoms with Crippen LogP contribution in [-0.4, -0.2) is 30.1 Å². The lowest BCUT2D eigenvalue weighted by atomic mass is 10.1. The molecule has 4 rings (SSSR count). The van der Waals surface area contributed by atoms with Crippen LogP contribution in [0.5, 0.6) is 11.5 Å². The van der Waals surface area contributed by atoms with Gasteiger partial charge in [0.1, 0.15) is 17.0 Å². The molecule has 0 aliphatic heterocycles. The molecule has 0 fully saturated rings. The Morgan fingerprint density at radius 2 is 1.97 bits per heavy atom. The number of methoxy groups -OCH3 is 2. The summed E-state index contributed by atoms with van der Waals surface area (Å²) in [6.07, 6.45) is 1.69. The van der Waals surface area contributed by atoms with Crippen LogP contribution >= 0.6 is 22.9 Å². The van der Waals surface area contributed by atoms with Crippen LogP contribution in [0.2, 0.25) is 5.02 Å². The van der Waals surface area contributed by atoms with E-state index >= 15 is 0 Å². The van der Waals surface area contributed by atoms with Crippen molar-refractivity contribution < 1.29 is 14.3 Å². The van der Waals surface area contributed by atoms with Crippen molar-refractivity contribution in [3.8, 4) is 11.5 Å². The van der Waals surface area contributed by atoms with Gasteiger partial charge in [0.05, 0.1) is 41.7 Å². The summed E-state index contributed by atoms with van der Waals surface area (Å²) in [6, 6.07) is 16.3. The molecule has 4 aromatic rings. The topological polar surface area (TPSA) is 64.6 Å². The Kier molecular flexibility index (Phi) is 5.83. The zero-order chi connectivity index (χ0) is 21.1. The van der Waals surface area contributed by atoms with Crippen LogP contribution in [0.1, 0.15) is 16.1 Å². The van der Waals surface area contributed by atoms with E-state index in [1.165, 1.54) is 18.4 Å². The highest BCUT2D eigenvalue weighted by Crippen LogP contribution is 2.35. The molecule has 0 saturated heterocycles. The molecule has 30 heavy (non-hydrogen) atoms. The number of rotatable bonds is 6. The molecule has 0 unspecified atom stereocenters. The number of amides is 1. The van der Waals surface area contributed by atoms with Gasteiger partial charge in [0, 0.05) is 6.20 Å². The number of thiazole rings is 1. The average Bonchev–Trinajstić information content (AvgIpc) is 3.22. The smallest absolute Gasteiger partial charge is 0.264 e. The molecule has 2 aromatic heterocycles. The Morgan fingerprint density at radius 1 is 1.10 bits per heavy atom. The summed E-state index contributed by atoms with van der Waals surface area (Å²) in [6.45, 7) is 0.247. The van der Waals surface area contributed by atoms with Crippen LogP contribution in [0.25, 0.3) is 10.2 Å². The fraction of sp³-hybridized carbons (Fsp3) is 0.136. The molecule has 0 atom stereocenters. The summed E-state index contributed by atoms with van der Waals surface area (Å²) in [5, 5.41) is 1.07. The second kappa shape index (κ2) is 8.69. The molecule has 0 N–H and O–H groups in total. The number of nitrogens with zero attached hydrogens (tertiary/aromatic N) is 3. The molecule has 0 aliphatic carbocycles. The minimum atomic E-state index is -0.272. The molecule has 6 nitrogen and oxygen atoms in total. The Balaban J connectivity index is 1.82. The third-order valence-electron chi connectivity index (χ3n) is 4.52. The number of carbonyl (C=O) groups is 1. The predicted molar refractivity (Wildman–Crippen MR) is 119 cm³/mol. The zero-order valence-corrected chi connectivity index (χ0v) is 17.9. The first-order chi connectivity index (χ1) is 14.6. The first kappa shape index (κ1) is 20.1. The van der Waals surface area contributed by atoms with Gasteiger partial charge in [-0.2, -0.15) is 0 Å². The lowest BCUT2D eigenvalue weighted by Gasteiger charge is -2.21. The summed E-state index contributed by atoms with van der Waals surface area (Å²) >= 11 is 7.71. The molecule has 0 bridgehead atoms. The number of halogens is 1. The predicted octanol–water partition coefficient (Wildman–Crippen LogP) is 5.21. The molecular weight excluding hydrogens is 422 g/mol. The Bertz CT molecular complexity index is 1200. The van der Waals surface area contributed by atoms with Gasteiger partial charge in [-0.1, -0.05) is 35.1 Å². The van der Waals surface area contributed by atoms with Gasteiger partial charge in [0.2, 0.25) is 0 Å². The van der Waals surface area contributed by atoms with Crippen LogP contribution < -0.4 is 14.4 Å². The monoisotopic (exact) mass is 439 g/mol. The minimum absolute atomic E-state index is 0.247. The summed E-state index contributed by atoms with van der Waals surface area (Å²) in [7, 11) is 3.08. The van der Waals surface area contributed by atoms with Gasteiger partial charge in [-0.05, 0) is 42.5 Å². The van der Waals surface area contributed by atoms with Crippen molar-refractivity contribution in [3.63, 3.8) is 0 Å². The molecule has 152 valence electrons. The van der Waals surface area contributed by atoms with Gasteiger partial charge in [-0.15, -0.1) is 0 Å². The molecule has 0 radical (unpaired) electrons. The number of aromatic nitrogens is 2. The maximum Gasteiger partial charge on any atom is 0.264 e. The molecule has 1 amide bonds. The fourth-order valence-electron chi connectivity index (χ4n) is 3.03. The second-order valence-corrected chi connectivity index (χ2v) is 7.78. The van der Waals surface area contributed by atoms with Gasteiger partial charge < -0.3 is 9.47 Å². The molecule has 0 spiro atoms. The van der Waals surface area contributed by atoms with Crippen molar-refractivity contribution in [3.05, 3.63) is 77.1 Å². The van der Waals surface area contributed by atoms with Crippen LogP contribution in [0, 0.1) is 0 Å². The quantitative estimate of drug-likeness (QED) is 0.412. The van der Waals surface area contributed by atoms with Crippen molar-refractivity contribution in [1.82, 2.24) is 9.97 Å². The minimum Gasteiger partial charge on any atom is -0.497 e. The van der Waals surface area contributed by atoms with Crippen LogP contribution in [0.3, 0.4) is 0 Å². The normalized spacial score (nSPS) is 10.8. The first-order valence-electron chi connectivity index (χ1n) is 9.09. The van der Waals surface area contributed by atoms with E-state index in [0.29, 0.717) is 32.7 Å². The van der Waals surface area contributed by atoms with Crippen molar-refractivity contribution in [2.45, 2.75) is 6.54 Å². The van der Waals surface area contributed by atoms with E-state index < -0.39 is 0 Å². The Morgan fingerprint density at radius 3 is 2.67 bits per heavy atom. The molecule has 8 heteroatoms. The highest BCUT2D eigenvalue weighted by Gasteiger charge is 2.25. The number of pyridine rings is 1. The van der Waals surface area contributed by atoms with Crippen molar-refractivity contribution in [2.75, 3.05) is 19.1 Å². The standard InChI is InChI=1S/C22H18ClN3O3S/c1-28-15-9-10-18(29-2)16(12-15)21(27)26(13-14-6-3-4-11-24-14)22-25-20-17(23)7-5-8-19(20)30-22/h3-12H,13H2,1-2H3. The maximum absolute atomic E-state index is 13.7. The van der Waals surface area contributed by atoms with Crippen LogP contribution in [0.4, 0.5) is 5.13 Å². The van der Waals surface area contributed by atoms with E-state index in [1.807, 2.05) is 30.3 Å². The van der Waals surface area contributed by atoms with E-state index in [1.54, 1.807) is 42.5 Å². The van der Waals surface area contributed by atoms with Crippen molar-refractivity contribution in [2.24, 2.45) is 0 Å². The lowest BCUT2D eigenvalue weighted by Crippen LogP contribution is -2.31. The average molecular weight is 440 g/mol. The summed E-state index contributed by atoms with van der Waals surface area (Å²) in [5.74, 6) is 0.738. The van der Waals surface area contributed by atoms with Gasteiger partial charge in [0.15, 0.2) is 5.13 Å². The van der Waals surface area contributed by atoms with E-state index in [9.17, 15) is 4.79 Å². The van der Waals surface area contributed by atoms with Crippen molar-refractivity contribution >= 4 is 44.2 Å². The fourth-order valence-corrected chi connectivity index (χ4v) is 4.29. The lowest BCUT2D eigenvalue weighted by molar-refractivity contribution is 0.0981. The molecule has 2 heterocycles. The summed E-state index contributed by atoms with van der Waals surface area (Å²) < 4.78 is 11.6. The SMILES string of the molecule is COc1ccc(OC)c(C(=O)N(Cc2ccccn2)c2nc3c(Cl)cccc3s2)c1. The number of hydrogen-bond donors (Lipinski definition) is 0. The molecular formula is C22H18ClN3O3S. The Labute approximate surface area is 182 Å². The number of carbonyl (C=O) groups excluding carboxylic acids is 1. The maximum atomic E-state index is 13.7. The van der Waals surface area contributed by atoms with E-state index in [4.69, 9.17) is 21.1 Å². The first-order valence-corrected chi connectivity index (χ1v) is 10.3. The summed E-state index contributed by atoms with van der Waals surface area (Å²) in [4.78, 5) is 24.3. The number of benzene rings is 2. The van der Waals surface area contributed by atoms with Crippen molar-refractivity contribution in [1.29, 1.82) is 0 Å². The van der Waals surface area contributed by atoms with Crippen LogP contribution in [-0.2, 0) is 6.54 Å². The molecule has 0 aliphatic rings. The van der Waals surface area contributed by atoms with Gasteiger partial charge in [-0.3, -0.25) is 14.7 Å². The van der Waals surface area contributed by atoms with E-state index in [2.05, 4.69) is 9.97 Å². The number of para-hydroxylation sites is 1. The number of fused-ring (bicyclic) bond motifs is 1. The molecule has 0 saturated carbocycles. The third-order valence-corrected chi connectivity index (χ3v) is 5.87. The third kappa shape index (κ3) is 3.94. The number of anilines is 1. The number of ether oxygens (including phenoxy) is 2. The van der Waals surface area contributed by atoms with E-state index in [-0.39, 0.29) is 12.5 Å². The van der Waals surface area contributed by atoms with Gasteiger partial charge >= 0.3 is 0 Å². The summed E-state index contributed by atoms with van der Waals surface area (Å²) in [5.41, 5.74) is 1.77. The zero-order valence-electron chi connectivity index (χ0n) is 16.3. The van der Waals surface area contributed by atoms with E-state index in [0.717, 1.165) is 10.4 Å². The van der Waals surface area contributed by atoms with Gasteiger partial charge in [-0.25, -0.2) is 4.98 Å². The van der Waals surface area contributed by atoms with Crippen LogP contribution in [0.15, 0.2) is 60.8 Å². The van der Waals surface area contributed by atoms with Gasteiger partial charge in [0.25, 0.3) is 5.91 Å².